The van der Waals surface area contributed by atoms with Crippen molar-refractivity contribution < 1.29 is 9.53 Å². The van der Waals surface area contributed by atoms with Gasteiger partial charge in [-0.15, -0.1) is 0 Å². The third-order valence-corrected chi connectivity index (χ3v) is 2.09. The molecule has 0 saturated carbocycles. The summed E-state index contributed by atoms with van der Waals surface area (Å²) < 4.78 is 6.97. The van der Waals surface area contributed by atoms with Gasteiger partial charge in [0.2, 0.25) is 0 Å². The molecule has 0 aliphatic heterocycles. The van der Waals surface area contributed by atoms with Crippen molar-refractivity contribution in [2.75, 3.05) is 5.73 Å². The van der Waals surface area contributed by atoms with Gasteiger partial charge in [0.15, 0.2) is 5.69 Å². The second-order valence-electron chi connectivity index (χ2n) is 4.85. The summed E-state index contributed by atoms with van der Waals surface area (Å²) in [6.45, 7) is 5.45. The van der Waals surface area contributed by atoms with E-state index in [0.29, 0.717) is 11.3 Å². The van der Waals surface area contributed by atoms with Crippen LogP contribution in [0.3, 0.4) is 0 Å². The van der Waals surface area contributed by atoms with Crippen molar-refractivity contribution >= 4 is 17.3 Å². The number of ether oxygens (including phenoxy) is 1. The largest absolute Gasteiger partial charge is 0.455 e. The number of anilines is 1. The number of nitrogens with zero attached hydrogens (tertiary/aromatic N) is 2. The molecule has 2 heterocycles. The van der Waals surface area contributed by atoms with Gasteiger partial charge in [0.1, 0.15) is 11.2 Å². The minimum absolute atomic E-state index is 0.283. The third-order valence-electron chi connectivity index (χ3n) is 2.09. The highest BCUT2D eigenvalue weighted by Gasteiger charge is 2.20. The summed E-state index contributed by atoms with van der Waals surface area (Å²) in [4.78, 5) is 16.0. The maximum Gasteiger partial charge on any atom is 0.359 e. The van der Waals surface area contributed by atoms with Gasteiger partial charge in [-0.3, -0.25) is 0 Å². The van der Waals surface area contributed by atoms with E-state index < -0.39 is 11.6 Å². The van der Waals surface area contributed by atoms with Gasteiger partial charge >= 0.3 is 5.97 Å². The first-order valence-electron chi connectivity index (χ1n) is 5.33. The molecule has 0 saturated heterocycles. The molecule has 2 aromatic rings. The van der Waals surface area contributed by atoms with Crippen LogP contribution in [0.5, 0.6) is 0 Å². The molecule has 0 spiro atoms. The number of aromatic nitrogens is 2. The lowest BCUT2D eigenvalue weighted by Gasteiger charge is -2.18. The van der Waals surface area contributed by atoms with Gasteiger partial charge in [0.05, 0.1) is 0 Å². The Balaban J connectivity index is 2.33. The van der Waals surface area contributed by atoms with E-state index >= 15 is 0 Å². The van der Waals surface area contributed by atoms with E-state index in [4.69, 9.17) is 10.5 Å². The highest BCUT2D eigenvalue weighted by molar-refractivity contribution is 5.88. The fraction of sp³-hybridized carbons (Fsp3) is 0.333. The minimum Gasteiger partial charge on any atom is -0.455 e. The summed E-state index contributed by atoms with van der Waals surface area (Å²) in [5.41, 5.74) is 6.64. The van der Waals surface area contributed by atoms with E-state index in [2.05, 4.69) is 4.98 Å². The Morgan fingerprint density at radius 2 is 2.18 bits per heavy atom. The van der Waals surface area contributed by atoms with Crippen LogP contribution in [0.15, 0.2) is 24.5 Å². The van der Waals surface area contributed by atoms with Crippen LogP contribution in [0.1, 0.15) is 31.3 Å². The number of pyridine rings is 1. The molecular formula is C12H15N3O2. The Morgan fingerprint density at radius 1 is 1.47 bits per heavy atom. The number of esters is 1. The van der Waals surface area contributed by atoms with Crippen LogP contribution in [0.4, 0.5) is 5.69 Å². The SMILES string of the molecule is CC(C)(C)OC(=O)c1cn2ccc(N)cc2n1. The lowest BCUT2D eigenvalue weighted by atomic mass is 10.2. The van der Waals surface area contributed by atoms with Crippen molar-refractivity contribution in [1.82, 2.24) is 9.38 Å². The third kappa shape index (κ3) is 2.55. The molecule has 17 heavy (non-hydrogen) atoms. The Kier molecular flexibility index (Phi) is 2.53. The molecule has 2 aromatic heterocycles. The first kappa shape index (κ1) is 11.4. The summed E-state index contributed by atoms with van der Waals surface area (Å²) in [5, 5.41) is 0. The van der Waals surface area contributed by atoms with E-state index in [1.807, 2.05) is 20.8 Å². The molecule has 0 aliphatic rings. The first-order chi connectivity index (χ1) is 7.85. The number of hydrogen-bond donors (Lipinski definition) is 1. The number of nitrogens with two attached hydrogens (primary N) is 1. The van der Waals surface area contributed by atoms with Gasteiger partial charge in [0.25, 0.3) is 0 Å². The van der Waals surface area contributed by atoms with Crippen molar-refractivity contribution in [3.63, 3.8) is 0 Å². The second-order valence-corrected chi connectivity index (χ2v) is 4.85. The normalized spacial score (nSPS) is 11.7. The lowest BCUT2D eigenvalue weighted by molar-refractivity contribution is 0.00636. The van der Waals surface area contributed by atoms with Crippen molar-refractivity contribution in [3.05, 3.63) is 30.2 Å². The van der Waals surface area contributed by atoms with E-state index in [0.717, 1.165) is 0 Å². The molecule has 0 atom stereocenters. The van der Waals surface area contributed by atoms with Gasteiger partial charge in [-0.1, -0.05) is 0 Å². The Bertz CT molecular complexity index is 567. The van der Waals surface area contributed by atoms with Crippen molar-refractivity contribution in [1.29, 1.82) is 0 Å². The van der Waals surface area contributed by atoms with E-state index in [1.54, 1.807) is 28.9 Å². The molecule has 90 valence electrons. The summed E-state index contributed by atoms with van der Waals surface area (Å²) in [7, 11) is 0. The topological polar surface area (TPSA) is 69.6 Å². The van der Waals surface area contributed by atoms with Gasteiger partial charge < -0.3 is 14.9 Å². The van der Waals surface area contributed by atoms with Gasteiger partial charge in [-0.05, 0) is 26.8 Å². The Morgan fingerprint density at radius 3 is 2.82 bits per heavy atom. The van der Waals surface area contributed by atoms with Gasteiger partial charge in [-0.2, -0.15) is 0 Å². The smallest absolute Gasteiger partial charge is 0.359 e. The zero-order valence-electron chi connectivity index (χ0n) is 10.1. The molecule has 5 heteroatoms. The van der Waals surface area contributed by atoms with E-state index in [-0.39, 0.29) is 5.69 Å². The number of hydrogen-bond acceptors (Lipinski definition) is 4. The number of carbonyl (C=O) groups excluding carboxylic acids is 1. The highest BCUT2D eigenvalue weighted by atomic mass is 16.6. The zero-order chi connectivity index (χ0) is 12.6. The fourth-order valence-electron chi connectivity index (χ4n) is 1.43. The molecule has 0 unspecified atom stereocenters. The van der Waals surface area contributed by atoms with Crippen LogP contribution < -0.4 is 5.73 Å². The van der Waals surface area contributed by atoms with Crippen LogP contribution in [-0.4, -0.2) is 21.0 Å². The van der Waals surface area contributed by atoms with Crippen LogP contribution in [-0.2, 0) is 4.74 Å². The number of rotatable bonds is 1. The maximum atomic E-state index is 11.8. The number of nitrogen functional groups attached to an aromatic ring is 1. The molecule has 0 bridgehead atoms. The zero-order valence-corrected chi connectivity index (χ0v) is 10.1. The van der Waals surface area contributed by atoms with Crippen molar-refractivity contribution in [2.45, 2.75) is 26.4 Å². The molecule has 0 aliphatic carbocycles. The monoisotopic (exact) mass is 233 g/mol. The number of fused-ring (bicyclic) bond motifs is 1. The molecule has 0 amide bonds. The average molecular weight is 233 g/mol. The molecule has 2 N–H and O–H groups in total. The number of carbonyl (C=O) groups is 1. The maximum absolute atomic E-state index is 11.8. The molecule has 0 radical (unpaired) electrons. The summed E-state index contributed by atoms with van der Waals surface area (Å²) in [6, 6.07) is 3.45. The van der Waals surface area contributed by atoms with Gasteiger partial charge in [0, 0.05) is 24.1 Å². The molecular weight excluding hydrogens is 218 g/mol. The van der Waals surface area contributed by atoms with Crippen molar-refractivity contribution in [2.24, 2.45) is 0 Å². The predicted molar refractivity (Wildman–Crippen MR) is 64.8 cm³/mol. The van der Waals surface area contributed by atoms with E-state index in [9.17, 15) is 4.79 Å². The average Bonchev–Trinajstić information content (AvgIpc) is 2.57. The van der Waals surface area contributed by atoms with Crippen LogP contribution in [0.2, 0.25) is 0 Å². The molecule has 2 rings (SSSR count). The second kappa shape index (κ2) is 3.76. The summed E-state index contributed by atoms with van der Waals surface area (Å²) in [5.74, 6) is -0.431. The summed E-state index contributed by atoms with van der Waals surface area (Å²) in [6.07, 6.45) is 3.38. The summed E-state index contributed by atoms with van der Waals surface area (Å²) >= 11 is 0. The molecule has 0 aromatic carbocycles. The van der Waals surface area contributed by atoms with Crippen LogP contribution >= 0.6 is 0 Å². The highest BCUT2D eigenvalue weighted by Crippen LogP contribution is 2.14. The standard InChI is InChI=1S/C12H15N3O2/c1-12(2,3)17-11(16)9-7-15-5-4-8(13)6-10(15)14-9/h4-7H,13H2,1-3H3. The predicted octanol–water partition coefficient (Wildman–Crippen LogP) is 1.87. The fourth-order valence-corrected chi connectivity index (χ4v) is 1.43. The quantitative estimate of drug-likeness (QED) is 0.763. The van der Waals surface area contributed by atoms with E-state index in [1.165, 1.54) is 0 Å². The lowest BCUT2D eigenvalue weighted by Crippen LogP contribution is -2.24. The van der Waals surface area contributed by atoms with Crippen LogP contribution in [0.25, 0.3) is 5.65 Å². The minimum atomic E-state index is -0.522. The number of imidazole rings is 1. The Hall–Kier alpha value is -2.04. The van der Waals surface area contributed by atoms with Crippen molar-refractivity contribution in [3.8, 4) is 0 Å². The molecule has 0 fully saturated rings. The first-order valence-corrected chi connectivity index (χ1v) is 5.33. The van der Waals surface area contributed by atoms with Gasteiger partial charge in [-0.25, -0.2) is 9.78 Å². The Labute approximate surface area is 99.2 Å². The van der Waals surface area contributed by atoms with Crippen LogP contribution in [0, 0.1) is 0 Å². The molecule has 5 nitrogen and oxygen atoms in total.